The molecule has 5 amide bonds. The van der Waals surface area contributed by atoms with Crippen LogP contribution in [0.15, 0.2) is 75.2 Å². The zero-order valence-corrected chi connectivity index (χ0v) is 35.7. The minimum Gasteiger partial charge on any atom is -0.508 e. The van der Waals surface area contributed by atoms with Gasteiger partial charge in [-0.2, -0.15) is 0 Å². The van der Waals surface area contributed by atoms with E-state index in [4.69, 9.17) is 10.5 Å². The molecule has 1 heterocycles. The fourth-order valence-electron chi connectivity index (χ4n) is 7.07. The van der Waals surface area contributed by atoms with Gasteiger partial charge in [0.25, 0.3) is 10.9 Å². The fraction of sp³-hybridized carbons (Fsp3) is 0.386. The van der Waals surface area contributed by atoms with Crippen molar-refractivity contribution in [3.63, 3.8) is 0 Å². The van der Waals surface area contributed by atoms with Crippen LogP contribution in [0.3, 0.4) is 0 Å². The molecule has 0 saturated heterocycles. The molecule has 0 spiro atoms. The molecular weight excluding hydrogens is 835 g/mol. The first-order valence-corrected chi connectivity index (χ1v) is 21.0. The zero-order valence-electron chi connectivity index (χ0n) is 35.7. The van der Waals surface area contributed by atoms with Crippen molar-refractivity contribution in [2.24, 2.45) is 10.7 Å². The molecule has 64 heavy (non-hydrogen) atoms. The van der Waals surface area contributed by atoms with E-state index < -0.39 is 70.3 Å². The maximum atomic E-state index is 14.6. The number of nitrogens with one attached hydrogen (secondary N) is 7. The minimum absolute atomic E-state index is 0.0115. The van der Waals surface area contributed by atoms with Gasteiger partial charge in [-0.3, -0.25) is 39.2 Å². The number of urea groups is 1. The van der Waals surface area contributed by atoms with Gasteiger partial charge in [0.2, 0.25) is 17.7 Å². The number of phenolic OH excluding ortho intramolecular Hbond substituents is 1. The van der Waals surface area contributed by atoms with Crippen LogP contribution in [0.25, 0.3) is 0 Å². The predicted molar refractivity (Wildman–Crippen MR) is 236 cm³/mol. The SMILES string of the molecule is CCOc1c(NCCCNc2cccc3c2CN([C@H](C(=O)NC(CCCN=C(N)NC(=O)NCCNC(=O)CC)C(=O)NCc2c(F)cc(O)cc2F)c2ccccc2)C3)c(=O)c1=O. The molecule has 4 aromatic carbocycles. The number of ether oxygens (including phenoxy) is 1. The molecule has 0 saturated carbocycles. The van der Waals surface area contributed by atoms with Gasteiger partial charge in [0.1, 0.15) is 35.2 Å². The third-order valence-corrected chi connectivity index (χ3v) is 10.3. The lowest BCUT2D eigenvalue weighted by atomic mass is 10.0. The Morgan fingerprint density at radius 2 is 1.58 bits per heavy atom. The summed E-state index contributed by atoms with van der Waals surface area (Å²) in [4.78, 5) is 81.7. The van der Waals surface area contributed by atoms with Gasteiger partial charge >= 0.3 is 6.03 Å². The summed E-state index contributed by atoms with van der Waals surface area (Å²) in [5, 5.41) is 28.9. The summed E-state index contributed by atoms with van der Waals surface area (Å²) < 4.78 is 34.5. The first kappa shape index (κ1) is 48.0. The number of fused-ring (bicyclic) bond motifs is 1. The number of nitrogens with two attached hydrogens (primary N) is 1. The molecule has 0 aliphatic carbocycles. The summed E-state index contributed by atoms with van der Waals surface area (Å²) in [6.07, 6.45) is 1.11. The van der Waals surface area contributed by atoms with Gasteiger partial charge in [0.15, 0.2) is 11.7 Å². The second kappa shape index (κ2) is 23.4. The van der Waals surface area contributed by atoms with Crippen molar-refractivity contribution in [1.82, 2.24) is 31.5 Å². The lowest BCUT2D eigenvalue weighted by Crippen LogP contribution is -2.50. The molecule has 1 unspecified atom stereocenters. The molecule has 0 bridgehead atoms. The van der Waals surface area contributed by atoms with Gasteiger partial charge in [-0.1, -0.05) is 49.4 Å². The Balaban J connectivity index is 1.25. The van der Waals surface area contributed by atoms with Gasteiger partial charge in [0.05, 0.1) is 6.61 Å². The van der Waals surface area contributed by atoms with Crippen molar-refractivity contribution in [2.45, 2.75) is 71.2 Å². The highest BCUT2D eigenvalue weighted by Crippen LogP contribution is 2.35. The first-order valence-electron chi connectivity index (χ1n) is 21.0. The molecule has 10 N–H and O–H groups in total. The molecule has 342 valence electrons. The number of benzene rings is 3. The van der Waals surface area contributed by atoms with Gasteiger partial charge in [0, 0.05) is 82.2 Å². The quantitative estimate of drug-likeness (QED) is 0.0225. The van der Waals surface area contributed by atoms with Crippen molar-refractivity contribution in [3.05, 3.63) is 115 Å². The number of aliphatic imine (C=N–C) groups is 1. The molecule has 1 aliphatic heterocycles. The Bertz CT molecular complexity index is 2350. The highest BCUT2D eigenvalue weighted by atomic mass is 19.1. The van der Waals surface area contributed by atoms with Crippen molar-refractivity contribution in [2.75, 3.05) is 50.0 Å². The van der Waals surface area contributed by atoms with E-state index in [-0.39, 0.29) is 62.4 Å². The van der Waals surface area contributed by atoms with Crippen molar-refractivity contribution >= 4 is 41.1 Å². The standard InChI is InChI=1S/C44H54F2N10O8/c1-3-35(58)49-19-20-52-44(63)55-43(47)51-16-9-15-34(41(61)53-23-29-31(45)21-28(57)22-32(29)46)54-42(62)37(26-11-6-5-7-12-26)56-24-27-13-8-14-33(30(27)25-56)48-17-10-18-50-36-38(59)39(60)40(36)64-4-2/h5-8,11-14,21-22,34,37,48,50,57H,3-4,9-10,15-20,23-25H2,1-2H3,(H,49,58)(H,53,61)(H,54,62)(H4,47,51,52,55,63)/t34?,37-/m0/s1. The Morgan fingerprint density at radius 3 is 2.30 bits per heavy atom. The number of carbonyl (C=O) groups is 4. The maximum Gasteiger partial charge on any atom is 0.321 e. The van der Waals surface area contributed by atoms with Gasteiger partial charge in [-0.05, 0) is 48.9 Å². The number of amides is 5. The van der Waals surface area contributed by atoms with Gasteiger partial charge < -0.3 is 47.5 Å². The normalized spacial score (nSPS) is 13.3. The van der Waals surface area contributed by atoms with E-state index in [0.717, 1.165) is 28.9 Å². The van der Waals surface area contributed by atoms with E-state index in [1.807, 2.05) is 29.2 Å². The molecular formula is C44H54F2N10O8. The summed E-state index contributed by atoms with van der Waals surface area (Å²) in [5.41, 5.74) is 7.82. The molecule has 5 rings (SSSR count). The number of rotatable bonds is 23. The van der Waals surface area contributed by atoms with E-state index in [9.17, 15) is 42.7 Å². The summed E-state index contributed by atoms with van der Waals surface area (Å²) in [6.45, 7) is 5.22. The van der Waals surface area contributed by atoms with E-state index >= 15 is 0 Å². The van der Waals surface area contributed by atoms with Crippen molar-refractivity contribution in [3.8, 4) is 11.5 Å². The Morgan fingerprint density at radius 1 is 0.859 bits per heavy atom. The van der Waals surface area contributed by atoms with E-state index in [2.05, 4.69) is 42.2 Å². The van der Waals surface area contributed by atoms with Crippen LogP contribution in [0.4, 0.5) is 25.0 Å². The van der Waals surface area contributed by atoms with Crippen LogP contribution in [0, 0.1) is 11.6 Å². The molecule has 18 nitrogen and oxygen atoms in total. The Labute approximate surface area is 368 Å². The van der Waals surface area contributed by atoms with E-state index in [1.165, 1.54) is 0 Å². The number of aromatic hydroxyl groups is 1. The number of halogens is 2. The van der Waals surface area contributed by atoms with Crippen LogP contribution in [-0.2, 0) is 34.0 Å². The second-order valence-electron chi connectivity index (χ2n) is 14.8. The highest BCUT2D eigenvalue weighted by Gasteiger charge is 2.35. The number of anilines is 2. The summed E-state index contributed by atoms with van der Waals surface area (Å²) >= 11 is 0. The van der Waals surface area contributed by atoms with Crippen LogP contribution in [0.2, 0.25) is 0 Å². The number of guanidine groups is 1. The van der Waals surface area contributed by atoms with E-state index in [1.54, 1.807) is 38.1 Å². The summed E-state index contributed by atoms with van der Waals surface area (Å²) in [6, 6.07) is 13.5. The molecule has 1 aliphatic rings. The minimum atomic E-state index is -1.21. The van der Waals surface area contributed by atoms with Crippen LogP contribution in [-0.4, -0.2) is 85.1 Å². The highest BCUT2D eigenvalue weighted by molar-refractivity contribution is 5.95. The lowest BCUT2D eigenvalue weighted by molar-refractivity contribution is -0.132. The van der Waals surface area contributed by atoms with Crippen LogP contribution in [0.1, 0.15) is 67.8 Å². The third kappa shape index (κ3) is 13.0. The fourth-order valence-corrected chi connectivity index (χ4v) is 7.07. The molecule has 20 heteroatoms. The average Bonchev–Trinajstić information content (AvgIpc) is 3.71. The number of nitrogens with zero attached hydrogens (tertiary/aromatic N) is 2. The monoisotopic (exact) mass is 888 g/mol. The number of carbonyl (C=O) groups excluding carboxylic acids is 4. The maximum absolute atomic E-state index is 14.6. The van der Waals surface area contributed by atoms with Crippen LogP contribution in [0.5, 0.6) is 11.5 Å². The summed E-state index contributed by atoms with van der Waals surface area (Å²) in [7, 11) is 0. The molecule has 0 aromatic heterocycles. The first-order chi connectivity index (χ1) is 30.8. The zero-order chi connectivity index (χ0) is 46.2. The number of hydrogen-bond donors (Lipinski definition) is 9. The van der Waals surface area contributed by atoms with Crippen LogP contribution >= 0.6 is 0 Å². The number of phenols is 1. The van der Waals surface area contributed by atoms with Crippen molar-refractivity contribution in [1.29, 1.82) is 0 Å². The smallest absolute Gasteiger partial charge is 0.321 e. The molecule has 4 aromatic rings. The van der Waals surface area contributed by atoms with Gasteiger partial charge in [-0.15, -0.1) is 0 Å². The second-order valence-corrected chi connectivity index (χ2v) is 14.8. The Hall–Kier alpha value is -7.09. The van der Waals surface area contributed by atoms with Crippen LogP contribution < -0.4 is 58.5 Å². The average molecular weight is 889 g/mol. The number of hydrogen-bond acceptors (Lipinski definition) is 12. The largest absolute Gasteiger partial charge is 0.508 e. The topological polar surface area (TPSA) is 258 Å². The lowest BCUT2D eigenvalue weighted by Gasteiger charge is -2.29. The Kier molecular flexibility index (Phi) is 17.5. The van der Waals surface area contributed by atoms with Gasteiger partial charge in [-0.25, -0.2) is 13.6 Å². The molecule has 0 fully saturated rings. The third-order valence-electron chi connectivity index (χ3n) is 10.3. The van der Waals surface area contributed by atoms with Crippen molar-refractivity contribution < 1.29 is 37.8 Å². The molecule has 0 radical (unpaired) electrons. The predicted octanol–water partition coefficient (Wildman–Crippen LogP) is 2.36. The summed E-state index contributed by atoms with van der Waals surface area (Å²) in [5.74, 6) is -4.31. The van der Waals surface area contributed by atoms with E-state index in [0.29, 0.717) is 44.6 Å². The molecule has 2 atom stereocenters.